The molecule has 0 aromatic heterocycles. The van der Waals surface area contributed by atoms with Crippen molar-refractivity contribution >= 4 is 0 Å². The summed E-state index contributed by atoms with van der Waals surface area (Å²) >= 11 is 0. The molecular weight excluding hydrogens is 230 g/mol. The van der Waals surface area contributed by atoms with E-state index in [1.807, 2.05) is 18.2 Å². The SMILES string of the molecule is CCNC1CCCC1Oc1ccc2c(c1)OCO2. The second kappa shape index (κ2) is 5.06. The Morgan fingerprint density at radius 2 is 2.17 bits per heavy atom. The van der Waals surface area contributed by atoms with Gasteiger partial charge in [-0.15, -0.1) is 0 Å². The summed E-state index contributed by atoms with van der Waals surface area (Å²) in [5.41, 5.74) is 0. The molecule has 1 aliphatic carbocycles. The normalized spacial score (nSPS) is 25.4. The number of fused-ring (bicyclic) bond motifs is 1. The Morgan fingerprint density at radius 1 is 1.28 bits per heavy atom. The van der Waals surface area contributed by atoms with Crippen LogP contribution in [0.1, 0.15) is 26.2 Å². The number of likely N-dealkylation sites (N-methyl/N-ethyl adjacent to an activating group) is 1. The van der Waals surface area contributed by atoms with Gasteiger partial charge in [-0.2, -0.15) is 0 Å². The van der Waals surface area contributed by atoms with Gasteiger partial charge < -0.3 is 19.5 Å². The Hall–Kier alpha value is -1.42. The first kappa shape index (κ1) is 11.7. The van der Waals surface area contributed by atoms with Gasteiger partial charge in [0.2, 0.25) is 6.79 Å². The number of hydrogen-bond acceptors (Lipinski definition) is 4. The van der Waals surface area contributed by atoms with Gasteiger partial charge in [0.15, 0.2) is 11.5 Å². The van der Waals surface area contributed by atoms with Crippen molar-refractivity contribution in [1.82, 2.24) is 5.32 Å². The molecule has 1 aromatic rings. The third-order valence-corrected chi connectivity index (χ3v) is 3.55. The van der Waals surface area contributed by atoms with E-state index in [2.05, 4.69) is 12.2 Å². The summed E-state index contributed by atoms with van der Waals surface area (Å²) in [7, 11) is 0. The zero-order chi connectivity index (χ0) is 12.4. The molecule has 0 radical (unpaired) electrons. The lowest BCUT2D eigenvalue weighted by Crippen LogP contribution is -2.38. The van der Waals surface area contributed by atoms with Crippen LogP contribution >= 0.6 is 0 Å². The Bertz CT molecular complexity index is 422. The zero-order valence-electron chi connectivity index (χ0n) is 10.6. The number of ether oxygens (including phenoxy) is 3. The highest BCUT2D eigenvalue weighted by Gasteiger charge is 2.28. The van der Waals surface area contributed by atoms with E-state index in [1.54, 1.807) is 0 Å². The van der Waals surface area contributed by atoms with Gasteiger partial charge in [0.25, 0.3) is 0 Å². The number of benzene rings is 1. The minimum Gasteiger partial charge on any atom is -0.489 e. The number of nitrogens with one attached hydrogen (secondary N) is 1. The summed E-state index contributed by atoms with van der Waals surface area (Å²) < 4.78 is 16.7. The van der Waals surface area contributed by atoms with Crippen LogP contribution in [0.2, 0.25) is 0 Å². The summed E-state index contributed by atoms with van der Waals surface area (Å²) in [6.07, 6.45) is 3.81. The van der Waals surface area contributed by atoms with Crippen LogP contribution in [-0.4, -0.2) is 25.5 Å². The van der Waals surface area contributed by atoms with E-state index in [4.69, 9.17) is 14.2 Å². The molecule has 2 unspecified atom stereocenters. The van der Waals surface area contributed by atoms with Crippen molar-refractivity contribution in [1.29, 1.82) is 0 Å². The lowest BCUT2D eigenvalue weighted by Gasteiger charge is -2.21. The van der Waals surface area contributed by atoms with Gasteiger partial charge in [-0.1, -0.05) is 6.92 Å². The number of rotatable bonds is 4. The van der Waals surface area contributed by atoms with Gasteiger partial charge in [0.1, 0.15) is 11.9 Å². The lowest BCUT2D eigenvalue weighted by atomic mass is 10.2. The second-order valence-corrected chi connectivity index (χ2v) is 4.77. The van der Waals surface area contributed by atoms with E-state index in [0.29, 0.717) is 12.8 Å². The zero-order valence-corrected chi connectivity index (χ0v) is 10.6. The van der Waals surface area contributed by atoms with Crippen molar-refractivity contribution < 1.29 is 14.2 Å². The molecular formula is C14H19NO3. The third kappa shape index (κ3) is 2.25. The standard InChI is InChI=1S/C14H19NO3/c1-2-15-11-4-3-5-12(11)18-10-6-7-13-14(8-10)17-9-16-13/h6-8,11-12,15H,2-5,9H2,1H3. The van der Waals surface area contributed by atoms with E-state index in [1.165, 1.54) is 12.8 Å². The molecule has 1 heterocycles. The van der Waals surface area contributed by atoms with Crippen LogP contribution in [0, 0.1) is 0 Å². The molecule has 1 fully saturated rings. The van der Waals surface area contributed by atoms with Crippen molar-refractivity contribution in [2.45, 2.75) is 38.3 Å². The van der Waals surface area contributed by atoms with Gasteiger partial charge >= 0.3 is 0 Å². The third-order valence-electron chi connectivity index (χ3n) is 3.55. The molecule has 18 heavy (non-hydrogen) atoms. The highest BCUT2D eigenvalue weighted by atomic mass is 16.7. The van der Waals surface area contributed by atoms with E-state index < -0.39 is 0 Å². The summed E-state index contributed by atoms with van der Waals surface area (Å²) in [5.74, 6) is 2.46. The number of hydrogen-bond donors (Lipinski definition) is 1. The van der Waals surface area contributed by atoms with E-state index in [0.717, 1.165) is 30.2 Å². The summed E-state index contributed by atoms with van der Waals surface area (Å²) in [6, 6.07) is 6.26. The molecule has 4 nitrogen and oxygen atoms in total. The average Bonchev–Trinajstić information content (AvgIpc) is 2.99. The maximum Gasteiger partial charge on any atom is 0.231 e. The average molecular weight is 249 g/mol. The van der Waals surface area contributed by atoms with Crippen molar-refractivity contribution in [3.63, 3.8) is 0 Å². The molecule has 0 spiro atoms. The van der Waals surface area contributed by atoms with E-state index in [-0.39, 0.29) is 6.10 Å². The predicted molar refractivity (Wildman–Crippen MR) is 68.3 cm³/mol. The molecule has 0 bridgehead atoms. The van der Waals surface area contributed by atoms with Gasteiger partial charge in [-0.3, -0.25) is 0 Å². The second-order valence-electron chi connectivity index (χ2n) is 4.77. The summed E-state index contributed by atoms with van der Waals surface area (Å²) in [6.45, 7) is 3.43. The fraction of sp³-hybridized carbons (Fsp3) is 0.571. The van der Waals surface area contributed by atoms with Crippen LogP contribution in [0.5, 0.6) is 17.2 Å². The predicted octanol–water partition coefficient (Wildman–Crippen LogP) is 2.32. The minimum absolute atomic E-state index is 0.269. The van der Waals surface area contributed by atoms with Crippen LogP contribution in [-0.2, 0) is 0 Å². The quantitative estimate of drug-likeness (QED) is 0.889. The first-order chi connectivity index (χ1) is 8.86. The smallest absolute Gasteiger partial charge is 0.231 e. The Kier molecular flexibility index (Phi) is 3.28. The van der Waals surface area contributed by atoms with Crippen LogP contribution < -0.4 is 19.5 Å². The Labute approximate surface area is 107 Å². The Balaban J connectivity index is 1.68. The molecule has 1 N–H and O–H groups in total. The molecule has 2 aliphatic rings. The van der Waals surface area contributed by atoms with Crippen molar-refractivity contribution in [3.05, 3.63) is 18.2 Å². The van der Waals surface area contributed by atoms with Crippen LogP contribution in [0.3, 0.4) is 0 Å². The monoisotopic (exact) mass is 249 g/mol. The van der Waals surface area contributed by atoms with Crippen molar-refractivity contribution in [2.75, 3.05) is 13.3 Å². The molecule has 1 aromatic carbocycles. The van der Waals surface area contributed by atoms with Crippen LogP contribution in [0.25, 0.3) is 0 Å². The molecule has 0 saturated heterocycles. The fourth-order valence-electron chi connectivity index (χ4n) is 2.69. The van der Waals surface area contributed by atoms with Crippen LogP contribution in [0.4, 0.5) is 0 Å². The lowest BCUT2D eigenvalue weighted by molar-refractivity contribution is 0.170. The highest BCUT2D eigenvalue weighted by molar-refractivity contribution is 5.46. The van der Waals surface area contributed by atoms with E-state index >= 15 is 0 Å². The van der Waals surface area contributed by atoms with Crippen LogP contribution in [0.15, 0.2) is 18.2 Å². The van der Waals surface area contributed by atoms with Gasteiger partial charge in [0.05, 0.1) is 0 Å². The molecule has 1 saturated carbocycles. The maximum atomic E-state index is 6.07. The molecule has 1 aliphatic heterocycles. The molecule has 2 atom stereocenters. The highest BCUT2D eigenvalue weighted by Crippen LogP contribution is 2.36. The van der Waals surface area contributed by atoms with Gasteiger partial charge in [0, 0.05) is 12.1 Å². The molecule has 0 amide bonds. The maximum absolute atomic E-state index is 6.07. The fourth-order valence-corrected chi connectivity index (χ4v) is 2.69. The Morgan fingerprint density at radius 3 is 3.06 bits per heavy atom. The van der Waals surface area contributed by atoms with Crippen molar-refractivity contribution in [3.8, 4) is 17.2 Å². The van der Waals surface area contributed by atoms with Gasteiger partial charge in [-0.25, -0.2) is 0 Å². The molecule has 4 heteroatoms. The van der Waals surface area contributed by atoms with Gasteiger partial charge in [-0.05, 0) is 37.9 Å². The summed E-state index contributed by atoms with van der Waals surface area (Å²) in [5, 5.41) is 3.49. The first-order valence-corrected chi connectivity index (χ1v) is 6.66. The topological polar surface area (TPSA) is 39.7 Å². The minimum atomic E-state index is 0.269. The largest absolute Gasteiger partial charge is 0.489 e. The van der Waals surface area contributed by atoms with Crippen molar-refractivity contribution in [2.24, 2.45) is 0 Å². The molecule has 3 rings (SSSR count). The molecule has 98 valence electrons. The first-order valence-electron chi connectivity index (χ1n) is 6.66. The van der Waals surface area contributed by atoms with E-state index in [9.17, 15) is 0 Å². The summed E-state index contributed by atoms with van der Waals surface area (Å²) in [4.78, 5) is 0.